The van der Waals surface area contributed by atoms with Crippen LogP contribution in [-0.4, -0.2) is 29.6 Å². The van der Waals surface area contributed by atoms with Gasteiger partial charge >= 0.3 is 0 Å². The van der Waals surface area contributed by atoms with Crippen LogP contribution in [0.15, 0.2) is 18.2 Å². The van der Waals surface area contributed by atoms with Gasteiger partial charge in [-0.2, -0.15) is 0 Å². The zero-order valence-electron chi connectivity index (χ0n) is 11.8. The van der Waals surface area contributed by atoms with Crippen molar-refractivity contribution >= 4 is 11.6 Å². The summed E-state index contributed by atoms with van der Waals surface area (Å²) < 4.78 is 13.4. The van der Waals surface area contributed by atoms with E-state index in [0.29, 0.717) is 17.6 Å². The number of piperazine rings is 1. The maximum Gasteiger partial charge on any atom is 0.123 e. The molecule has 2 unspecified atom stereocenters. The number of hydrogen-bond acceptors (Lipinski definition) is 2. The first-order valence-corrected chi connectivity index (χ1v) is 7.25. The van der Waals surface area contributed by atoms with Gasteiger partial charge in [0.05, 0.1) is 0 Å². The Balaban J connectivity index is 2.21. The third-order valence-corrected chi connectivity index (χ3v) is 4.59. The predicted octanol–water partition coefficient (Wildman–Crippen LogP) is 3.44. The zero-order chi connectivity index (χ0) is 14.0. The van der Waals surface area contributed by atoms with E-state index in [4.69, 9.17) is 11.6 Å². The zero-order valence-corrected chi connectivity index (χ0v) is 12.6. The van der Waals surface area contributed by atoms with E-state index in [9.17, 15) is 4.39 Å². The topological polar surface area (TPSA) is 15.3 Å². The van der Waals surface area contributed by atoms with Crippen LogP contribution in [0.3, 0.4) is 0 Å². The van der Waals surface area contributed by atoms with Crippen molar-refractivity contribution in [1.82, 2.24) is 10.2 Å². The minimum atomic E-state index is -0.221. The van der Waals surface area contributed by atoms with Crippen LogP contribution in [0.5, 0.6) is 0 Å². The molecule has 1 aliphatic heterocycles. The van der Waals surface area contributed by atoms with Crippen LogP contribution in [-0.2, 0) is 6.54 Å². The van der Waals surface area contributed by atoms with Gasteiger partial charge in [0.15, 0.2) is 0 Å². The summed E-state index contributed by atoms with van der Waals surface area (Å²) in [5, 5.41) is 4.16. The van der Waals surface area contributed by atoms with E-state index in [2.05, 4.69) is 31.0 Å². The molecule has 0 saturated carbocycles. The molecule has 2 atom stereocenters. The first kappa shape index (κ1) is 14.8. The maximum absolute atomic E-state index is 13.4. The Bertz CT molecular complexity index is 452. The highest BCUT2D eigenvalue weighted by Gasteiger charge is 2.35. The molecule has 106 valence electrons. The number of hydrogen-bond donors (Lipinski definition) is 1. The molecule has 0 bridgehead atoms. The highest BCUT2D eigenvalue weighted by atomic mass is 35.5. The van der Waals surface area contributed by atoms with Gasteiger partial charge in [-0.05, 0) is 44.0 Å². The fourth-order valence-electron chi connectivity index (χ4n) is 2.60. The lowest BCUT2D eigenvalue weighted by Gasteiger charge is -2.47. The largest absolute Gasteiger partial charge is 0.311 e. The van der Waals surface area contributed by atoms with E-state index >= 15 is 0 Å². The molecule has 0 aromatic heterocycles. The molecule has 0 aliphatic carbocycles. The Morgan fingerprint density at radius 3 is 2.95 bits per heavy atom. The highest BCUT2D eigenvalue weighted by Crippen LogP contribution is 2.27. The van der Waals surface area contributed by atoms with Gasteiger partial charge in [0.2, 0.25) is 0 Å². The van der Waals surface area contributed by atoms with Crippen molar-refractivity contribution in [3.8, 4) is 0 Å². The van der Waals surface area contributed by atoms with Crippen LogP contribution in [0.4, 0.5) is 4.39 Å². The van der Waals surface area contributed by atoms with Crippen LogP contribution < -0.4 is 5.32 Å². The lowest BCUT2D eigenvalue weighted by atomic mass is 9.91. The molecule has 1 saturated heterocycles. The Morgan fingerprint density at radius 1 is 1.53 bits per heavy atom. The third-order valence-electron chi connectivity index (χ3n) is 4.22. The van der Waals surface area contributed by atoms with Crippen LogP contribution in [0.2, 0.25) is 5.02 Å². The number of benzene rings is 1. The summed E-state index contributed by atoms with van der Waals surface area (Å²) in [6, 6.07) is 5.05. The summed E-state index contributed by atoms with van der Waals surface area (Å²) in [5.41, 5.74) is 0.970. The predicted molar refractivity (Wildman–Crippen MR) is 78.0 cm³/mol. The summed E-state index contributed by atoms with van der Waals surface area (Å²) >= 11 is 6.18. The molecular weight excluding hydrogens is 263 g/mol. The Labute approximate surface area is 119 Å². The number of rotatable bonds is 3. The van der Waals surface area contributed by atoms with E-state index in [1.807, 2.05) is 0 Å². The smallest absolute Gasteiger partial charge is 0.123 e. The molecule has 1 aromatic rings. The standard InChI is InChI=1S/C15H22ClFN2/c1-4-15(3)10-18-11(2)8-19(15)9-12-7-13(17)5-6-14(12)16/h5-7,11,18H,4,8-10H2,1-3H3. The molecule has 2 rings (SSSR count). The molecule has 1 aliphatic rings. The second kappa shape index (κ2) is 5.78. The monoisotopic (exact) mass is 284 g/mol. The molecule has 1 heterocycles. The van der Waals surface area contributed by atoms with Crippen molar-refractivity contribution in [2.24, 2.45) is 0 Å². The van der Waals surface area contributed by atoms with Crippen molar-refractivity contribution in [3.63, 3.8) is 0 Å². The molecule has 0 radical (unpaired) electrons. The third kappa shape index (κ3) is 3.28. The van der Waals surface area contributed by atoms with E-state index < -0.39 is 0 Å². The molecule has 1 N–H and O–H groups in total. The van der Waals surface area contributed by atoms with E-state index in [1.54, 1.807) is 12.1 Å². The van der Waals surface area contributed by atoms with E-state index in [1.165, 1.54) is 6.07 Å². The summed E-state index contributed by atoms with van der Waals surface area (Å²) in [5.74, 6) is -0.221. The minimum absolute atomic E-state index is 0.0994. The van der Waals surface area contributed by atoms with Crippen molar-refractivity contribution in [2.45, 2.75) is 45.3 Å². The first-order valence-electron chi connectivity index (χ1n) is 6.87. The maximum atomic E-state index is 13.4. The van der Waals surface area contributed by atoms with Gasteiger partial charge in [0.25, 0.3) is 0 Å². The van der Waals surface area contributed by atoms with Gasteiger partial charge < -0.3 is 5.32 Å². The number of halogens is 2. The van der Waals surface area contributed by atoms with Gasteiger partial charge in [0, 0.05) is 36.2 Å². The second-order valence-corrected chi connectivity index (χ2v) is 6.16. The Kier molecular flexibility index (Phi) is 4.49. The Morgan fingerprint density at radius 2 is 2.26 bits per heavy atom. The van der Waals surface area contributed by atoms with Gasteiger partial charge in [-0.25, -0.2) is 4.39 Å². The molecule has 0 amide bonds. The highest BCUT2D eigenvalue weighted by molar-refractivity contribution is 6.31. The Hall–Kier alpha value is -0.640. The summed E-state index contributed by atoms with van der Waals surface area (Å²) in [6.07, 6.45) is 1.06. The first-order chi connectivity index (χ1) is 8.94. The minimum Gasteiger partial charge on any atom is -0.311 e. The van der Waals surface area contributed by atoms with Gasteiger partial charge in [-0.15, -0.1) is 0 Å². The molecule has 2 nitrogen and oxygen atoms in total. The van der Waals surface area contributed by atoms with Gasteiger partial charge in [-0.1, -0.05) is 18.5 Å². The number of nitrogens with zero attached hydrogens (tertiary/aromatic N) is 1. The second-order valence-electron chi connectivity index (χ2n) is 5.75. The van der Waals surface area contributed by atoms with E-state index in [0.717, 1.165) is 25.1 Å². The van der Waals surface area contributed by atoms with Crippen molar-refractivity contribution in [1.29, 1.82) is 0 Å². The van der Waals surface area contributed by atoms with Crippen molar-refractivity contribution in [2.75, 3.05) is 13.1 Å². The summed E-state index contributed by atoms with van der Waals surface area (Å²) in [6.45, 7) is 9.23. The van der Waals surface area contributed by atoms with Gasteiger partial charge in [-0.3, -0.25) is 4.90 Å². The fourth-order valence-corrected chi connectivity index (χ4v) is 2.77. The summed E-state index contributed by atoms with van der Waals surface area (Å²) in [4.78, 5) is 2.41. The number of nitrogens with one attached hydrogen (secondary N) is 1. The quantitative estimate of drug-likeness (QED) is 0.915. The molecule has 19 heavy (non-hydrogen) atoms. The SMILES string of the molecule is CCC1(C)CNC(C)CN1Cc1cc(F)ccc1Cl. The lowest BCUT2D eigenvalue weighted by Crippen LogP contribution is -2.61. The molecular formula is C15H22ClFN2. The molecule has 4 heteroatoms. The van der Waals surface area contributed by atoms with Crippen LogP contribution in [0.1, 0.15) is 32.8 Å². The van der Waals surface area contributed by atoms with Crippen LogP contribution >= 0.6 is 11.6 Å². The fraction of sp³-hybridized carbons (Fsp3) is 0.600. The van der Waals surface area contributed by atoms with E-state index in [-0.39, 0.29) is 11.4 Å². The lowest BCUT2D eigenvalue weighted by molar-refractivity contribution is 0.0453. The molecule has 1 fully saturated rings. The molecule has 1 aromatic carbocycles. The normalized spacial score (nSPS) is 28.6. The van der Waals surface area contributed by atoms with Gasteiger partial charge in [0.1, 0.15) is 5.82 Å². The summed E-state index contributed by atoms with van der Waals surface area (Å²) in [7, 11) is 0. The van der Waals surface area contributed by atoms with Crippen LogP contribution in [0, 0.1) is 5.82 Å². The van der Waals surface area contributed by atoms with Crippen molar-refractivity contribution in [3.05, 3.63) is 34.6 Å². The average molecular weight is 285 g/mol. The average Bonchev–Trinajstić information content (AvgIpc) is 2.38. The van der Waals surface area contributed by atoms with Crippen LogP contribution in [0.25, 0.3) is 0 Å². The van der Waals surface area contributed by atoms with Crippen molar-refractivity contribution < 1.29 is 4.39 Å². The molecule has 0 spiro atoms.